The van der Waals surface area contributed by atoms with Crippen LogP contribution in [-0.4, -0.2) is 43.7 Å². The van der Waals surface area contributed by atoms with E-state index in [0.29, 0.717) is 5.56 Å². The number of aliphatic hydroxyl groups excluding tert-OH is 1. The third kappa shape index (κ3) is 6.14. The van der Waals surface area contributed by atoms with Crippen molar-refractivity contribution in [3.05, 3.63) is 59.7 Å². The van der Waals surface area contributed by atoms with Crippen molar-refractivity contribution in [2.45, 2.75) is 37.4 Å². The van der Waals surface area contributed by atoms with Crippen LogP contribution in [0.5, 0.6) is 5.75 Å². The topological polar surface area (TPSA) is 93.1 Å². The number of amides is 1. The van der Waals surface area contributed by atoms with Crippen molar-refractivity contribution in [1.82, 2.24) is 4.90 Å². The summed E-state index contributed by atoms with van der Waals surface area (Å²) in [6.07, 6.45) is -1.70. The first-order valence-electron chi connectivity index (χ1n) is 8.91. The van der Waals surface area contributed by atoms with Gasteiger partial charge < -0.3 is 18.9 Å². The van der Waals surface area contributed by atoms with E-state index in [2.05, 4.69) is 0 Å². The van der Waals surface area contributed by atoms with Crippen LogP contribution in [0.25, 0.3) is 0 Å². The van der Waals surface area contributed by atoms with Crippen LogP contribution in [0.4, 0.5) is 13.6 Å². The van der Waals surface area contributed by atoms with Crippen LogP contribution >= 0.6 is 0 Å². The zero-order chi connectivity index (χ0) is 22.7. The highest BCUT2D eigenvalue weighted by Crippen LogP contribution is 2.25. The summed E-state index contributed by atoms with van der Waals surface area (Å²) in [5.41, 5.74) is -0.314. The Bertz CT molecular complexity index is 983. The van der Waals surface area contributed by atoms with E-state index in [4.69, 9.17) is 8.92 Å². The van der Waals surface area contributed by atoms with Gasteiger partial charge in [0.15, 0.2) is 4.90 Å². The lowest BCUT2D eigenvalue weighted by Crippen LogP contribution is -2.36. The Kier molecular flexibility index (Phi) is 7.04. The second-order valence-electron chi connectivity index (χ2n) is 7.53. The van der Waals surface area contributed by atoms with Crippen molar-refractivity contribution in [3.63, 3.8) is 0 Å². The fourth-order valence-electron chi connectivity index (χ4n) is 2.41. The van der Waals surface area contributed by atoms with Crippen molar-refractivity contribution in [1.29, 1.82) is 0 Å². The van der Waals surface area contributed by atoms with E-state index in [1.54, 1.807) is 20.8 Å². The molecule has 0 bridgehead atoms. The number of likely N-dealkylation sites (N-methyl/N-ethyl adjacent to an activating group) is 1. The monoisotopic (exact) mass is 443 g/mol. The maximum Gasteiger partial charge on any atom is 0.410 e. The van der Waals surface area contributed by atoms with Gasteiger partial charge in [-0.1, -0.05) is 18.2 Å². The number of hydrogen-bond acceptors (Lipinski definition) is 6. The minimum Gasteiger partial charge on any atom is -0.444 e. The summed E-state index contributed by atoms with van der Waals surface area (Å²) < 4.78 is 61.8. The first-order valence-corrected chi connectivity index (χ1v) is 10.3. The zero-order valence-corrected chi connectivity index (χ0v) is 17.7. The van der Waals surface area contributed by atoms with Gasteiger partial charge in [0.1, 0.15) is 23.0 Å². The Labute approximate surface area is 174 Å². The van der Waals surface area contributed by atoms with Gasteiger partial charge in [0, 0.05) is 7.05 Å². The van der Waals surface area contributed by atoms with Crippen molar-refractivity contribution < 1.29 is 36.0 Å². The quantitative estimate of drug-likeness (QED) is 0.686. The number of nitrogens with zero attached hydrogens (tertiary/aromatic N) is 1. The maximum absolute atomic E-state index is 13.7. The van der Waals surface area contributed by atoms with Crippen LogP contribution in [-0.2, 0) is 14.9 Å². The van der Waals surface area contributed by atoms with E-state index in [1.165, 1.54) is 36.2 Å². The number of rotatable bonds is 6. The molecule has 10 heteroatoms. The van der Waals surface area contributed by atoms with Gasteiger partial charge in [-0.25, -0.2) is 13.6 Å². The molecule has 164 valence electrons. The molecule has 0 heterocycles. The number of ether oxygens (including phenoxy) is 1. The van der Waals surface area contributed by atoms with Crippen LogP contribution in [0.2, 0.25) is 0 Å². The molecule has 30 heavy (non-hydrogen) atoms. The first-order chi connectivity index (χ1) is 13.8. The highest BCUT2D eigenvalue weighted by atomic mass is 32.2. The Hall–Kier alpha value is -2.72. The van der Waals surface area contributed by atoms with E-state index in [-0.39, 0.29) is 12.3 Å². The van der Waals surface area contributed by atoms with Gasteiger partial charge in [0.2, 0.25) is 0 Å². The van der Waals surface area contributed by atoms with Gasteiger partial charge in [-0.3, -0.25) is 0 Å². The number of benzene rings is 2. The van der Waals surface area contributed by atoms with Gasteiger partial charge in [0.25, 0.3) is 0 Å². The number of halogens is 2. The van der Waals surface area contributed by atoms with Gasteiger partial charge >= 0.3 is 16.2 Å². The molecule has 0 aliphatic heterocycles. The smallest absolute Gasteiger partial charge is 0.410 e. The third-order valence-electron chi connectivity index (χ3n) is 3.79. The third-order valence-corrected chi connectivity index (χ3v) is 5.09. The van der Waals surface area contributed by atoms with Gasteiger partial charge in [0.05, 0.1) is 12.6 Å². The number of carbonyl (C=O) groups is 1. The molecule has 2 aromatic rings. The molecule has 2 aromatic carbocycles. The largest absolute Gasteiger partial charge is 0.444 e. The molecule has 0 spiro atoms. The lowest BCUT2D eigenvalue weighted by molar-refractivity contribution is 0.0205. The Morgan fingerprint density at radius 3 is 2.13 bits per heavy atom. The van der Waals surface area contributed by atoms with Crippen LogP contribution in [0, 0.1) is 11.6 Å². The molecule has 1 N–H and O–H groups in total. The summed E-state index contributed by atoms with van der Waals surface area (Å²) in [7, 11) is -3.27. The molecule has 0 fully saturated rings. The second-order valence-corrected chi connectivity index (χ2v) is 9.02. The van der Waals surface area contributed by atoms with Gasteiger partial charge in [-0.15, -0.1) is 0 Å². The molecule has 1 unspecified atom stereocenters. The fraction of sp³-hybridized carbons (Fsp3) is 0.350. The molecule has 0 aliphatic rings. The highest BCUT2D eigenvalue weighted by molar-refractivity contribution is 7.87. The maximum atomic E-state index is 13.7. The standard InChI is InChI=1S/C20H23F2NO6S/c1-20(2,3)28-19(25)23(4)12-17(24)13-8-10-14(11-9-13)29-30(26,27)18-15(21)6-5-7-16(18)22/h5-11,17,24H,12H2,1-4H3. The highest BCUT2D eigenvalue weighted by Gasteiger charge is 2.26. The van der Waals surface area contributed by atoms with E-state index in [9.17, 15) is 27.1 Å². The lowest BCUT2D eigenvalue weighted by atomic mass is 10.1. The van der Waals surface area contributed by atoms with E-state index in [0.717, 1.165) is 18.2 Å². The van der Waals surface area contributed by atoms with Crippen molar-refractivity contribution in [2.75, 3.05) is 13.6 Å². The lowest BCUT2D eigenvalue weighted by Gasteiger charge is -2.26. The minimum absolute atomic E-state index is 0.0755. The summed E-state index contributed by atoms with van der Waals surface area (Å²) in [4.78, 5) is 12.0. The van der Waals surface area contributed by atoms with Crippen LogP contribution in [0.1, 0.15) is 32.4 Å². The molecule has 0 saturated carbocycles. The van der Waals surface area contributed by atoms with Crippen molar-refractivity contribution in [2.24, 2.45) is 0 Å². The predicted octanol–water partition coefficient (Wildman–Crippen LogP) is 3.63. The normalized spacial score (nSPS) is 12.9. The fourth-order valence-corrected chi connectivity index (χ4v) is 3.48. The molecule has 2 rings (SSSR count). The Morgan fingerprint density at radius 1 is 1.10 bits per heavy atom. The Morgan fingerprint density at radius 2 is 1.63 bits per heavy atom. The molecule has 0 aromatic heterocycles. The SMILES string of the molecule is CN(CC(O)c1ccc(OS(=O)(=O)c2c(F)cccc2F)cc1)C(=O)OC(C)(C)C. The summed E-state index contributed by atoms with van der Waals surface area (Å²) in [5.74, 6) is -2.74. The van der Waals surface area contributed by atoms with Crippen LogP contribution < -0.4 is 4.18 Å². The van der Waals surface area contributed by atoms with Crippen molar-refractivity contribution in [3.8, 4) is 5.75 Å². The Balaban J connectivity index is 2.08. The molecular formula is C20H23F2NO6S. The average Bonchev–Trinajstić information content (AvgIpc) is 2.60. The first kappa shape index (κ1) is 23.6. The predicted molar refractivity (Wildman–Crippen MR) is 104 cm³/mol. The van der Waals surface area contributed by atoms with Gasteiger partial charge in [-0.05, 0) is 50.6 Å². The average molecular weight is 443 g/mol. The molecule has 1 atom stereocenters. The van der Waals surface area contributed by atoms with Crippen LogP contribution in [0.15, 0.2) is 47.4 Å². The molecular weight excluding hydrogens is 420 g/mol. The molecule has 0 saturated heterocycles. The molecule has 1 amide bonds. The number of carbonyl (C=O) groups excluding carboxylic acids is 1. The van der Waals surface area contributed by atoms with E-state index in [1.807, 2.05) is 0 Å². The number of hydrogen-bond donors (Lipinski definition) is 1. The number of aliphatic hydroxyl groups is 1. The second kappa shape index (κ2) is 8.97. The van der Waals surface area contributed by atoms with E-state index >= 15 is 0 Å². The van der Waals surface area contributed by atoms with Gasteiger partial charge in [-0.2, -0.15) is 8.42 Å². The minimum atomic E-state index is -4.74. The summed E-state index contributed by atoms with van der Waals surface area (Å²) in [6, 6.07) is 7.84. The summed E-state index contributed by atoms with van der Waals surface area (Å²) >= 11 is 0. The van der Waals surface area contributed by atoms with Crippen LogP contribution in [0.3, 0.4) is 0 Å². The molecule has 7 nitrogen and oxygen atoms in total. The zero-order valence-electron chi connectivity index (χ0n) is 16.9. The van der Waals surface area contributed by atoms with E-state index < -0.39 is 44.4 Å². The summed E-state index contributed by atoms with van der Waals surface area (Å²) in [6.45, 7) is 5.08. The molecule has 0 aliphatic carbocycles. The van der Waals surface area contributed by atoms with Crippen molar-refractivity contribution >= 4 is 16.2 Å². The molecule has 0 radical (unpaired) electrons. The summed E-state index contributed by atoms with van der Waals surface area (Å²) in [5, 5.41) is 10.3.